The van der Waals surface area contributed by atoms with E-state index in [0.717, 1.165) is 24.9 Å². The number of amides is 1. The minimum absolute atomic E-state index is 0.0485. The predicted molar refractivity (Wildman–Crippen MR) is 141 cm³/mol. The Morgan fingerprint density at radius 2 is 1.90 bits per heavy atom. The topological polar surface area (TPSA) is 94.8 Å². The van der Waals surface area contributed by atoms with Gasteiger partial charge in [0.05, 0.1) is 35.5 Å². The molecule has 2 saturated heterocycles. The zero-order valence-electron chi connectivity index (χ0n) is 20.9. The van der Waals surface area contributed by atoms with Gasteiger partial charge in [0.2, 0.25) is 5.91 Å². The van der Waals surface area contributed by atoms with E-state index in [1.807, 2.05) is 30.3 Å². The number of nitrogens with two attached hydrogens (primary N) is 1. The van der Waals surface area contributed by atoms with Crippen LogP contribution in [-0.4, -0.2) is 43.9 Å². The average molecular weight is 554 g/mol. The van der Waals surface area contributed by atoms with Gasteiger partial charge in [-0.2, -0.15) is 0 Å². The van der Waals surface area contributed by atoms with Gasteiger partial charge in [-0.3, -0.25) is 4.79 Å². The van der Waals surface area contributed by atoms with Gasteiger partial charge in [0.15, 0.2) is 17.2 Å². The van der Waals surface area contributed by atoms with Gasteiger partial charge in [-0.05, 0) is 31.0 Å². The van der Waals surface area contributed by atoms with E-state index in [0.29, 0.717) is 18.8 Å². The number of hydrogen-bond acceptors (Lipinski definition) is 6. The molecule has 0 aromatic heterocycles. The number of rotatable bonds is 4. The molecule has 0 saturated carbocycles. The van der Waals surface area contributed by atoms with Crippen LogP contribution in [0.1, 0.15) is 34.3 Å². The van der Waals surface area contributed by atoms with Crippen LogP contribution in [0, 0.1) is 11.6 Å². The van der Waals surface area contributed by atoms with Crippen molar-refractivity contribution >= 4 is 23.2 Å². The van der Waals surface area contributed by atoms with Crippen LogP contribution in [0.3, 0.4) is 0 Å². The monoisotopic (exact) mass is 553 g/mol. The first-order valence-corrected chi connectivity index (χ1v) is 13.3. The highest BCUT2D eigenvalue weighted by atomic mass is 35.5. The van der Waals surface area contributed by atoms with Crippen LogP contribution < -0.4 is 25.8 Å². The van der Waals surface area contributed by atoms with Gasteiger partial charge in [-0.25, -0.2) is 8.78 Å². The summed E-state index contributed by atoms with van der Waals surface area (Å²) < 4.78 is 49.5. The van der Waals surface area contributed by atoms with Gasteiger partial charge in [-0.15, -0.1) is 0 Å². The summed E-state index contributed by atoms with van der Waals surface area (Å²) in [4.78, 5) is 12.7. The number of benzene rings is 3. The molecule has 202 valence electrons. The number of carbonyl (C=O) groups is 1. The quantitative estimate of drug-likeness (QED) is 0.439. The molecule has 4 aliphatic rings. The van der Waals surface area contributed by atoms with Crippen LogP contribution in [0.5, 0.6) is 11.5 Å². The van der Waals surface area contributed by atoms with Crippen molar-refractivity contribution in [1.29, 1.82) is 0 Å². The van der Waals surface area contributed by atoms with Crippen LogP contribution >= 0.6 is 11.6 Å². The first-order chi connectivity index (χ1) is 18.8. The molecule has 0 unspecified atom stereocenters. The summed E-state index contributed by atoms with van der Waals surface area (Å²) in [5.41, 5.74) is 5.81. The lowest BCUT2D eigenvalue weighted by Gasteiger charge is -2.45. The van der Waals surface area contributed by atoms with Crippen molar-refractivity contribution in [2.45, 2.75) is 36.4 Å². The molecule has 2 fully saturated rings. The summed E-state index contributed by atoms with van der Waals surface area (Å²) >= 11 is 6.58. The van der Waals surface area contributed by atoms with Gasteiger partial charge in [0.25, 0.3) is 0 Å². The molecular weight excluding hydrogens is 528 g/mol. The molecular formula is C29H26ClF2N3O4. The summed E-state index contributed by atoms with van der Waals surface area (Å²) in [6.07, 6.45) is 2.09. The summed E-state index contributed by atoms with van der Waals surface area (Å²) in [5, 5.41) is 6.45. The van der Waals surface area contributed by atoms with E-state index in [2.05, 4.69) is 10.6 Å². The molecule has 10 heteroatoms. The normalized spacial score (nSPS) is 24.2. The Labute approximate surface area is 228 Å². The Morgan fingerprint density at radius 1 is 1.10 bits per heavy atom. The Kier molecular flexibility index (Phi) is 5.56. The minimum atomic E-state index is -0.877. The highest BCUT2D eigenvalue weighted by molar-refractivity contribution is 6.34. The number of primary amides is 1. The fraction of sp³-hybridized carbons (Fsp3) is 0.345. The van der Waals surface area contributed by atoms with E-state index in [1.165, 1.54) is 12.1 Å². The molecule has 4 N–H and O–H groups in total. The van der Waals surface area contributed by atoms with E-state index >= 15 is 8.78 Å². The lowest BCUT2D eigenvalue weighted by molar-refractivity contribution is -0.0649. The molecule has 7 nitrogen and oxygen atoms in total. The van der Waals surface area contributed by atoms with Crippen LogP contribution in [-0.2, 0) is 16.8 Å². The molecule has 0 radical (unpaired) electrons. The third-order valence-electron chi connectivity index (χ3n) is 8.29. The van der Waals surface area contributed by atoms with Crippen molar-refractivity contribution in [3.8, 4) is 22.6 Å². The van der Waals surface area contributed by atoms with Gasteiger partial charge in [0.1, 0.15) is 23.7 Å². The highest BCUT2D eigenvalue weighted by Crippen LogP contribution is 2.53. The molecule has 4 aliphatic heterocycles. The van der Waals surface area contributed by atoms with Crippen molar-refractivity contribution in [3.63, 3.8) is 0 Å². The largest absolute Gasteiger partial charge is 0.486 e. The Balaban J connectivity index is 1.43. The number of halogens is 3. The van der Waals surface area contributed by atoms with Crippen LogP contribution in [0.4, 0.5) is 14.5 Å². The van der Waals surface area contributed by atoms with Crippen LogP contribution in [0.15, 0.2) is 42.5 Å². The van der Waals surface area contributed by atoms with E-state index in [9.17, 15) is 4.79 Å². The van der Waals surface area contributed by atoms with E-state index < -0.39 is 28.7 Å². The summed E-state index contributed by atoms with van der Waals surface area (Å²) in [7, 11) is 0. The molecule has 7 rings (SSSR count). The lowest BCUT2D eigenvalue weighted by Crippen LogP contribution is -2.61. The van der Waals surface area contributed by atoms with Crippen LogP contribution in [0.25, 0.3) is 11.1 Å². The fourth-order valence-electron chi connectivity index (χ4n) is 6.36. The summed E-state index contributed by atoms with van der Waals surface area (Å²) in [6.45, 7) is 1.77. The number of carbonyl (C=O) groups excluding carboxylic acids is 1. The fourth-order valence-corrected chi connectivity index (χ4v) is 6.63. The molecule has 0 aliphatic carbocycles. The number of ether oxygens (including phenoxy) is 3. The molecule has 3 aromatic carbocycles. The number of hydrogen-bond donors (Lipinski definition) is 3. The number of anilines is 1. The van der Waals surface area contributed by atoms with Gasteiger partial charge in [0, 0.05) is 29.2 Å². The van der Waals surface area contributed by atoms with Crippen molar-refractivity contribution < 1.29 is 27.8 Å². The minimum Gasteiger partial charge on any atom is -0.486 e. The maximum atomic E-state index is 16.4. The van der Waals surface area contributed by atoms with E-state index in [-0.39, 0.29) is 58.0 Å². The smallest absolute Gasteiger partial charge is 0.249 e. The maximum absolute atomic E-state index is 16.4. The average Bonchev–Trinajstić information content (AvgIpc) is 3.59. The summed E-state index contributed by atoms with van der Waals surface area (Å²) in [6, 6.07) is 12.3. The highest BCUT2D eigenvalue weighted by Gasteiger charge is 2.50. The number of nitrogens with one attached hydrogen (secondary N) is 2. The standard InChI is InChI=1S/C29H26ClF2N3O4/c30-24-18(31)10-20-17(11-29(39-20,21-7-4-8-34-21)15-5-2-1-3-6-15)22(24)23-16(27(33)36)9-19-26(25(23)32)38-14-28(35-19)12-37-13-28/h1-3,5-6,9-10,21,34-35H,4,7-8,11-14H2,(H2,33,36)/t21-,29-/m0/s1. The molecule has 3 aromatic rings. The third-order valence-corrected chi connectivity index (χ3v) is 8.66. The number of fused-ring (bicyclic) bond motifs is 2. The molecule has 2 atom stereocenters. The first-order valence-electron chi connectivity index (χ1n) is 13.0. The van der Waals surface area contributed by atoms with Crippen molar-refractivity contribution in [1.82, 2.24) is 5.32 Å². The zero-order chi connectivity index (χ0) is 26.9. The second-order valence-corrected chi connectivity index (χ2v) is 11.1. The van der Waals surface area contributed by atoms with E-state index in [1.54, 1.807) is 0 Å². The first kappa shape index (κ1) is 24.6. The summed E-state index contributed by atoms with van der Waals surface area (Å²) in [5.74, 6) is -2.33. The molecule has 1 amide bonds. The van der Waals surface area contributed by atoms with Gasteiger partial charge < -0.3 is 30.6 Å². The molecule has 39 heavy (non-hydrogen) atoms. The van der Waals surface area contributed by atoms with Crippen LogP contribution in [0.2, 0.25) is 5.02 Å². The SMILES string of the molecule is NC(=O)c1cc2c(c(F)c1-c1c(Cl)c(F)cc3c1C[C@](c1ccccc1)([C@@H]1CCCN1)O3)OCC1(COC1)N2. The van der Waals surface area contributed by atoms with Crippen molar-refractivity contribution in [2.75, 3.05) is 31.7 Å². The van der Waals surface area contributed by atoms with E-state index in [4.69, 9.17) is 31.5 Å². The maximum Gasteiger partial charge on any atom is 0.249 e. The van der Waals surface area contributed by atoms with Crippen molar-refractivity contribution in [2.24, 2.45) is 5.73 Å². The lowest BCUT2D eigenvalue weighted by atomic mass is 9.80. The zero-order valence-corrected chi connectivity index (χ0v) is 21.7. The van der Waals surface area contributed by atoms with Gasteiger partial charge >= 0.3 is 0 Å². The third kappa shape index (κ3) is 3.63. The second kappa shape index (κ2) is 8.81. The Bertz CT molecular complexity index is 1510. The predicted octanol–water partition coefficient (Wildman–Crippen LogP) is 4.54. The molecule has 4 heterocycles. The second-order valence-electron chi connectivity index (χ2n) is 10.7. The Morgan fingerprint density at radius 3 is 2.56 bits per heavy atom. The molecule has 1 spiro atoms. The van der Waals surface area contributed by atoms with Gasteiger partial charge in [-0.1, -0.05) is 41.9 Å². The van der Waals surface area contributed by atoms with Crippen molar-refractivity contribution in [3.05, 3.63) is 75.8 Å². The molecule has 0 bridgehead atoms. The Hall–Kier alpha value is -3.40.